The molecule has 0 aliphatic carbocycles. The first kappa shape index (κ1) is 53.8. The fourth-order valence-electron chi connectivity index (χ4n) is 8.27. The summed E-state index contributed by atoms with van der Waals surface area (Å²) in [5.74, 6) is 1.06. The molecule has 1 unspecified atom stereocenters. The van der Waals surface area contributed by atoms with Crippen molar-refractivity contribution in [2.45, 2.75) is 246 Å². The zero-order valence-electron chi connectivity index (χ0n) is 38.6. The van der Waals surface area contributed by atoms with E-state index < -0.39 is 0 Å². The van der Waals surface area contributed by atoms with Crippen LogP contribution in [0.5, 0.6) is 0 Å². The molecule has 0 aromatic rings. The van der Waals surface area contributed by atoms with Gasteiger partial charge in [0.1, 0.15) is 0 Å². The van der Waals surface area contributed by atoms with Gasteiger partial charge < -0.3 is 23.8 Å². The SMILES string of the molecule is CCCCC(CCCC)CC(=O)OCCCCCCCCCCOCC(CCN1CCCC1)OCCCCCCCCCCOC(=O)CC(CCCC)CCCC. The Labute approximate surface area is 354 Å². The Bertz CT molecular complexity index is 848. The van der Waals surface area contributed by atoms with E-state index in [9.17, 15) is 9.59 Å². The molecule has 1 aliphatic heterocycles. The number of hydrogen-bond acceptors (Lipinski definition) is 7. The van der Waals surface area contributed by atoms with E-state index in [0.717, 1.165) is 97.0 Å². The van der Waals surface area contributed by atoms with E-state index >= 15 is 0 Å². The van der Waals surface area contributed by atoms with Crippen molar-refractivity contribution in [2.75, 3.05) is 52.7 Å². The van der Waals surface area contributed by atoms with Gasteiger partial charge in [0.2, 0.25) is 0 Å². The van der Waals surface area contributed by atoms with Crippen LogP contribution in [0, 0.1) is 11.8 Å². The summed E-state index contributed by atoms with van der Waals surface area (Å²) in [7, 11) is 0. The van der Waals surface area contributed by atoms with Crippen LogP contribution >= 0.6 is 0 Å². The van der Waals surface area contributed by atoms with Crippen molar-refractivity contribution < 1.29 is 28.5 Å². The molecule has 0 radical (unpaired) electrons. The fraction of sp³-hybridized carbons (Fsp3) is 0.960. The van der Waals surface area contributed by atoms with Gasteiger partial charge in [0.25, 0.3) is 0 Å². The number of carbonyl (C=O) groups excluding carboxylic acids is 2. The smallest absolute Gasteiger partial charge is 0.306 e. The quantitative estimate of drug-likeness (QED) is 0.0448. The third kappa shape index (κ3) is 35.3. The fourth-order valence-corrected chi connectivity index (χ4v) is 8.27. The average molecular weight is 808 g/mol. The summed E-state index contributed by atoms with van der Waals surface area (Å²) in [6.07, 6.45) is 38.7. The lowest BCUT2D eigenvalue weighted by molar-refractivity contribution is -0.146. The third-order valence-corrected chi connectivity index (χ3v) is 12.1. The van der Waals surface area contributed by atoms with Gasteiger partial charge in [-0.05, 0) is 95.6 Å². The van der Waals surface area contributed by atoms with Crippen LogP contribution in [0.2, 0.25) is 0 Å². The first-order valence-electron chi connectivity index (χ1n) is 25.2. The van der Waals surface area contributed by atoms with E-state index in [2.05, 4.69) is 32.6 Å². The van der Waals surface area contributed by atoms with Gasteiger partial charge in [-0.1, -0.05) is 156 Å². The zero-order chi connectivity index (χ0) is 41.3. The lowest BCUT2D eigenvalue weighted by atomic mass is 9.93. The summed E-state index contributed by atoms with van der Waals surface area (Å²) in [4.78, 5) is 27.2. The maximum atomic E-state index is 12.3. The number of esters is 2. The molecule has 0 N–H and O–H groups in total. The lowest BCUT2D eigenvalue weighted by Gasteiger charge is -2.22. The number of unbranched alkanes of at least 4 members (excludes halogenated alkanes) is 18. The number of ether oxygens (including phenoxy) is 4. The van der Waals surface area contributed by atoms with E-state index in [1.165, 1.54) is 142 Å². The van der Waals surface area contributed by atoms with Crippen molar-refractivity contribution in [1.29, 1.82) is 0 Å². The van der Waals surface area contributed by atoms with E-state index in [0.29, 0.717) is 37.9 Å². The molecule has 0 saturated carbocycles. The highest BCUT2D eigenvalue weighted by Gasteiger charge is 2.17. The molecule has 1 saturated heterocycles. The highest BCUT2D eigenvalue weighted by molar-refractivity contribution is 5.70. The topological polar surface area (TPSA) is 74.3 Å². The first-order valence-corrected chi connectivity index (χ1v) is 25.2. The van der Waals surface area contributed by atoms with Crippen molar-refractivity contribution in [2.24, 2.45) is 11.8 Å². The number of carbonyl (C=O) groups is 2. The Morgan fingerprint density at radius 3 is 1.23 bits per heavy atom. The van der Waals surface area contributed by atoms with Gasteiger partial charge in [-0.2, -0.15) is 0 Å². The predicted molar refractivity (Wildman–Crippen MR) is 241 cm³/mol. The number of nitrogens with zero attached hydrogens (tertiary/aromatic N) is 1. The highest BCUT2D eigenvalue weighted by Crippen LogP contribution is 2.22. The van der Waals surface area contributed by atoms with Gasteiger partial charge in [0.05, 0.1) is 25.9 Å². The largest absolute Gasteiger partial charge is 0.466 e. The standard InChI is InChI=1S/C50H97NO6/c1-5-9-31-46(32-10-6-2)43-49(52)56-41-29-23-19-14-13-17-21-27-39-54-45-48(35-38-51-36-25-26-37-51)55-40-28-22-18-15-16-20-24-30-42-57-50(53)44-47(33-11-7-3)34-12-8-4/h46-48H,5-45H2,1-4H3. The van der Waals surface area contributed by atoms with Gasteiger partial charge in [-0.25, -0.2) is 0 Å². The van der Waals surface area contributed by atoms with Crippen molar-refractivity contribution in [1.82, 2.24) is 4.90 Å². The van der Waals surface area contributed by atoms with Crippen LogP contribution in [0.1, 0.15) is 240 Å². The van der Waals surface area contributed by atoms with Crippen LogP contribution in [-0.4, -0.2) is 75.6 Å². The molecule has 338 valence electrons. The minimum absolute atomic E-state index is 0.0182. The average Bonchev–Trinajstić information content (AvgIpc) is 3.74. The van der Waals surface area contributed by atoms with Crippen LogP contribution in [-0.2, 0) is 28.5 Å². The molecule has 7 heteroatoms. The van der Waals surface area contributed by atoms with Gasteiger partial charge in [-0.15, -0.1) is 0 Å². The number of rotatable bonds is 44. The second-order valence-corrected chi connectivity index (χ2v) is 17.7. The third-order valence-electron chi connectivity index (χ3n) is 12.1. The Morgan fingerprint density at radius 2 is 0.825 bits per heavy atom. The Balaban J connectivity index is 2.04. The van der Waals surface area contributed by atoms with Crippen molar-refractivity contribution in [3.8, 4) is 0 Å². The predicted octanol–water partition coefficient (Wildman–Crippen LogP) is 14.0. The van der Waals surface area contributed by atoms with Gasteiger partial charge >= 0.3 is 11.9 Å². The van der Waals surface area contributed by atoms with E-state index in [4.69, 9.17) is 18.9 Å². The lowest BCUT2D eigenvalue weighted by Crippen LogP contribution is -2.28. The van der Waals surface area contributed by atoms with Gasteiger partial charge in [-0.3, -0.25) is 9.59 Å². The Kier molecular flexibility index (Phi) is 39.2. The molecule has 57 heavy (non-hydrogen) atoms. The molecule has 7 nitrogen and oxygen atoms in total. The molecule has 1 atom stereocenters. The van der Waals surface area contributed by atoms with E-state index in [1.54, 1.807) is 0 Å². The molecule has 0 aromatic heterocycles. The maximum Gasteiger partial charge on any atom is 0.306 e. The minimum atomic E-state index is 0.0182. The zero-order valence-corrected chi connectivity index (χ0v) is 38.6. The Hall–Kier alpha value is -1.18. The second kappa shape index (κ2) is 41.5. The molecule has 1 heterocycles. The second-order valence-electron chi connectivity index (χ2n) is 17.7. The summed E-state index contributed by atoms with van der Waals surface area (Å²) in [5.41, 5.74) is 0. The Morgan fingerprint density at radius 1 is 0.456 bits per heavy atom. The maximum absolute atomic E-state index is 12.3. The van der Waals surface area contributed by atoms with Crippen LogP contribution in [0.15, 0.2) is 0 Å². The monoisotopic (exact) mass is 808 g/mol. The van der Waals surface area contributed by atoms with Gasteiger partial charge in [0.15, 0.2) is 0 Å². The highest BCUT2D eigenvalue weighted by atomic mass is 16.5. The molecule has 1 rings (SSSR count). The van der Waals surface area contributed by atoms with Crippen LogP contribution < -0.4 is 0 Å². The normalized spacial score (nSPS) is 13.9. The van der Waals surface area contributed by atoms with Crippen molar-refractivity contribution >= 4 is 11.9 Å². The first-order chi connectivity index (χ1) is 28.0. The van der Waals surface area contributed by atoms with Crippen LogP contribution in [0.3, 0.4) is 0 Å². The molecule has 1 fully saturated rings. The van der Waals surface area contributed by atoms with Crippen molar-refractivity contribution in [3.05, 3.63) is 0 Å². The molecule has 0 amide bonds. The summed E-state index contributed by atoms with van der Waals surface area (Å²) < 4.78 is 23.7. The van der Waals surface area contributed by atoms with Crippen LogP contribution in [0.4, 0.5) is 0 Å². The van der Waals surface area contributed by atoms with E-state index in [-0.39, 0.29) is 18.0 Å². The summed E-state index contributed by atoms with van der Waals surface area (Å²) >= 11 is 0. The number of likely N-dealkylation sites (tertiary alicyclic amines) is 1. The summed E-state index contributed by atoms with van der Waals surface area (Å²) in [6.45, 7) is 16.1. The molecular weight excluding hydrogens is 711 g/mol. The summed E-state index contributed by atoms with van der Waals surface area (Å²) in [5, 5.41) is 0. The molecule has 0 bridgehead atoms. The van der Waals surface area contributed by atoms with Crippen LogP contribution in [0.25, 0.3) is 0 Å². The molecular formula is C50H97NO6. The molecule has 1 aliphatic rings. The minimum Gasteiger partial charge on any atom is -0.466 e. The molecule has 0 spiro atoms. The van der Waals surface area contributed by atoms with E-state index in [1.807, 2.05) is 0 Å². The molecule has 0 aromatic carbocycles. The number of hydrogen-bond donors (Lipinski definition) is 0. The van der Waals surface area contributed by atoms with Gasteiger partial charge in [0, 0.05) is 32.6 Å². The summed E-state index contributed by atoms with van der Waals surface area (Å²) in [6, 6.07) is 0. The van der Waals surface area contributed by atoms with Crippen molar-refractivity contribution in [3.63, 3.8) is 0 Å².